The van der Waals surface area contributed by atoms with Crippen molar-refractivity contribution in [3.63, 3.8) is 0 Å². The molecule has 0 radical (unpaired) electrons. The highest BCUT2D eigenvalue weighted by atomic mass is 35.5. The monoisotopic (exact) mass is 314 g/mol. The molecule has 1 saturated heterocycles. The molecule has 0 spiro atoms. The Morgan fingerprint density at radius 3 is 2.40 bits per heavy atom. The number of hydrogen-bond donors (Lipinski definition) is 0. The van der Waals surface area contributed by atoms with Gasteiger partial charge in [0, 0.05) is 44.7 Å². The zero-order valence-electron chi connectivity index (χ0n) is 11.4. The maximum Gasteiger partial charge on any atom is 0.246 e. The predicted molar refractivity (Wildman–Crippen MR) is 86.5 cm³/mol. The molecule has 1 aromatic carbocycles. The van der Waals surface area contributed by atoms with Gasteiger partial charge in [-0.2, -0.15) is 0 Å². The Labute approximate surface area is 131 Å². The lowest BCUT2D eigenvalue weighted by Gasteiger charge is -2.33. The van der Waals surface area contributed by atoms with Crippen LogP contribution in [0.2, 0.25) is 0 Å². The summed E-state index contributed by atoms with van der Waals surface area (Å²) in [5, 5.41) is 0. The molecule has 1 amide bonds. The summed E-state index contributed by atoms with van der Waals surface area (Å²) in [5.41, 5.74) is 1.05. The maximum absolute atomic E-state index is 12.0. The van der Waals surface area contributed by atoms with Crippen molar-refractivity contribution in [3.8, 4) is 0 Å². The van der Waals surface area contributed by atoms with Crippen molar-refractivity contribution in [2.45, 2.75) is 0 Å². The van der Waals surface area contributed by atoms with Gasteiger partial charge in [-0.25, -0.2) is 0 Å². The van der Waals surface area contributed by atoms with Crippen molar-refractivity contribution in [1.82, 2.24) is 9.80 Å². The molecule has 3 nitrogen and oxygen atoms in total. The first kappa shape index (κ1) is 17.0. The first-order chi connectivity index (χ1) is 9.29. The third-order valence-corrected chi connectivity index (χ3v) is 3.47. The molecule has 1 aromatic rings. The average molecular weight is 315 g/mol. The van der Waals surface area contributed by atoms with Gasteiger partial charge in [0.05, 0.1) is 0 Å². The van der Waals surface area contributed by atoms with Crippen LogP contribution in [0.25, 0.3) is 6.08 Å². The van der Waals surface area contributed by atoms with E-state index in [1.54, 1.807) is 6.08 Å². The summed E-state index contributed by atoms with van der Waals surface area (Å²) in [6.07, 6.45) is 3.53. The molecule has 0 aliphatic carbocycles. The SMILES string of the molecule is Cl.O=C(/C=C/c1ccccc1)N1CCN(CCCl)CC1. The summed E-state index contributed by atoms with van der Waals surface area (Å²) in [5.74, 6) is 0.747. The molecule has 0 bridgehead atoms. The quantitative estimate of drug-likeness (QED) is 0.630. The molecule has 2 rings (SSSR count). The van der Waals surface area contributed by atoms with Gasteiger partial charge in [0.1, 0.15) is 0 Å². The third kappa shape index (κ3) is 5.16. The Bertz CT molecular complexity index is 429. The summed E-state index contributed by atoms with van der Waals surface area (Å²) >= 11 is 5.72. The van der Waals surface area contributed by atoms with E-state index < -0.39 is 0 Å². The van der Waals surface area contributed by atoms with Gasteiger partial charge in [-0.05, 0) is 11.6 Å². The van der Waals surface area contributed by atoms with Gasteiger partial charge in [-0.3, -0.25) is 9.69 Å². The van der Waals surface area contributed by atoms with Crippen LogP contribution in [0.5, 0.6) is 0 Å². The largest absolute Gasteiger partial charge is 0.337 e. The van der Waals surface area contributed by atoms with Crippen molar-refractivity contribution in [3.05, 3.63) is 42.0 Å². The second-order valence-electron chi connectivity index (χ2n) is 4.60. The lowest BCUT2D eigenvalue weighted by atomic mass is 10.2. The molecule has 0 N–H and O–H groups in total. The second-order valence-corrected chi connectivity index (χ2v) is 4.98. The number of alkyl halides is 1. The van der Waals surface area contributed by atoms with Gasteiger partial charge in [0.25, 0.3) is 0 Å². The fraction of sp³-hybridized carbons (Fsp3) is 0.400. The van der Waals surface area contributed by atoms with Crippen LogP contribution in [-0.4, -0.2) is 54.3 Å². The van der Waals surface area contributed by atoms with Crippen molar-refractivity contribution in [2.24, 2.45) is 0 Å². The highest BCUT2D eigenvalue weighted by molar-refractivity contribution is 6.18. The number of nitrogens with zero attached hydrogens (tertiary/aromatic N) is 2. The van der Waals surface area contributed by atoms with Gasteiger partial charge in [-0.15, -0.1) is 24.0 Å². The summed E-state index contributed by atoms with van der Waals surface area (Å²) in [6.45, 7) is 4.31. The van der Waals surface area contributed by atoms with Crippen LogP contribution in [0.15, 0.2) is 36.4 Å². The van der Waals surface area contributed by atoms with E-state index in [2.05, 4.69) is 4.90 Å². The van der Waals surface area contributed by atoms with E-state index in [9.17, 15) is 4.79 Å². The Kier molecular flexibility index (Phi) is 7.67. The first-order valence-corrected chi connectivity index (χ1v) is 7.13. The number of hydrogen-bond acceptors (Lipinski definition) is 2. The van der Waals surface area contributed by atoms with Crippen LogP contribution in [0, 0.1) is 0 Å². The maximum atomic E-state index is 12.0. The summed E-state index contributed by atoms with van der Waals surface area (Å²) < 4.78 is 0. The highest BCUT2D eigenvalue weighted by Crippen LogP contribution is 2.05. The fourth-order valence-corrected chi connectivity index (χ4v) is 2.39. The van der Waals surface area contributed by atoms with Crippen LogP contribution >= 0.6 is 24.0 Å². The van der Waals surface area contributed by atoms with E-state index in [4.69, 9.17) is 11.6 Å². The number of piperazine rings is 1. The normalized spacial score (nSPS) is 16.1. The average Bonchev–Trinajstić information content (AvgIpc) is 2.47. The molecule has 0 saturated carbocycles. The van der Waals surface area contributed by atoms with E-state index in [0.717, 1.165) is 38.3 Å². The highest BCUT2D eigenvalue weighted by Gasteiger charge is 2.18. The third-order valence-electron chi connectivity index (χ3n) is 3.30. The second kappa shape index (κ2) is 9.01. The summed E-state index contributed by atoms with van der Waals surface area (Å²) in [6, 6.07) is 9.88. The molecule has 20 heavy (non-hydrogen) atoms. The molecule has 1 aliphatic rings. The van der Waals surface area contributed by atoms with Crippen molar-refractivity contribution in [1.29, 1.82) is 0 Å². The van der Waals surface area contributed by atoms with Crippen LogP contribution in [0.4, 0.5) is 0 Å². The van der Waals surface area contributed by atoms with Gasteiger partial charge < -0.3 is 4.90 Å². The zero-order valence-corrected chi connectivity index (χ0v) is 12.9. The Morgan fingerprint density at radius 1 is 1.15 bits per heavy atom. The van der Waals surface area contributed by atoms with Crippen molar-refractivity contribution < 1.29 is 4.79 Å². The lowest BCUT2D eigenvalue weighted by Crippen LogP contribution is -2.48. The minimum absolute atomic E-state index is 0. The molecule has 0 aromatic heterocycles. The zero-order chi connectivity index (χ0) is 13.5. The van der Waals surface area contributed by atoms with Crippen LogP contribution in [-0.2, 0) is 4.79 Å². The van der Waals surface area contributed by atoms with Gasteiger partial charge in [0.2, 0.25) is 5.91 Å². The van der Waals surface area contributed by atoms with E-state index in [-0.39, 0.29) is 18.3 Å². The Balaban J connectivity index is 0.00000200. The minimum atomic E-state index is 0. The number of benzene rings is 1. The standard InChI is InChI=1S/C15H19ClN2O.ClH/c16-8-9-17-10-12-18(13-11-17)15(19)7-6-14-4-2-1-3-5-14;/h1-7H,8-13H2;1H/b7-6+;. The summed E-state index contributed by atoms with van der Waals surface area (Å²) in [7, 11) is 0. The van der Waals surface area contributed by atoms with Crippen molar-refractivity contribution >= 4 is 36.0 Å². The van der Waals surface area contributed by atoms with Gasteiger partial charge in [0.15, 0.2) is 0 Å². The van der Waals surface area contributed by atoms with Crippen LogP contribution in [0.1, 0.15) is 5.56 Å². The fourth-order valence-electron chi connectivity index (χ4n) is 2.15. The molecule has 1 heterocycles. The van der Waals surface area contributed by atoms with Crippen LogP contribution < -0.4 is 0 Å². The molecule has 110 valence electrons. The van der Waals surface area contributed by atoms with Gasteiger partial charge in [-0.1, -0.05) is 30.3 Å². The van der Waals surface area contributed by atoms with E-state index >= 15 is 0 Å². The molecule has 1 aliphatic heterocycles. The van der Waals surface area contributed by atoms with Crippen molar-refractivity contribution in [2.75, 3.05) is 38.6 Å². The summed E-state index contributed by atoms with van der Waals surface area (Å²) in [4.78, 5) is 16.2. The van der Waals surface area contributed by atoms with E-state index in [1.807, 2.05) is 41.3 Å². The number of amides is 1. The molecule has 0 atom stereocenters. The molecule has 1 fully saturated rings. The Morgan fingerprint density at radius 2 is 1.80 bits per heavy atom. The molecule has 0 unspecified atom stereocenters. The molecular formula is C15H20Cl2N2O. The lowest BCUT2D eigenvalue weighted by molar-refractivity contribution is -0.127. The number of carbonyl (C=O) groups is 1. The van der Waals surface area contributed by atoms with E-state index in [0.29, 0.717) is 5.88 Å². The Hall–Kier alpha value is -1.03. The number of halogens is 2. The molecular weight excluding hydrogens is 295 g/mol. The topological polar surface area (TPSA) is 23.6 Å². The first-order valence-electron chi connectivity index (χ1n) is 6.60. The van der Waals surface area contributed by atoms with Crippen LogP contribution in [0.3, 0.4) is 0 Å². The predicted octanol–water partition coefficient (Wildman–Crippen LogP) is 2.50. The number of rotatable bonds is 4. The van der Waals surface area contributed by atoms with Gasteiger partial charge >= 0.3 is 0 Å². The molecule has 5 heteroatoms. The minimum Gasteiger partial charge on any atom is -0.337 e. The smallest absolute Gasteiger partial charge is 0.246 e. The van der Waals surface area contributed by atoms with E-state index in [1.165, 1.54) is 0 Å². The number of carbonyl (C=O) groups excluding carboxylic acids is 1.